The number of esters is 1. The number of carbonyl (C=O) groups is 7. The first-order valence-corrected chi connectivity index (χ1v) is 18.7. The van der Waals surface area contributed by atoms with Gasteiger partial charge in [0.25, 0.3) is 0 Å². The lowest BCUT2D eigenvalue weighted by molar-refractivity contribution is -0.156. The van der Waals surface area contributed by atoms with Gasteiger partial charge in [0, 0.05) is 19.6 Å². The SMILES string of the molecule is CC1NC(=O)C2CCCCN2C(=O)C2CCCN2C(=O)CCOC(=O)C2CCCN2C1=O.Cc1ccccc1.NC(=O)CNC(=O)Nc1ccccc1Cl. The maximum absolute atomic E-state index is 13.4. The number of amides is 7. The molecule has 292 valence electrons. The lowest BCUT2D eigenvalue weighted by Crippen LogP contribution is -2.59. The van der Waals surface area contributed by atoms with E-state index >= 15 is 0 Å². The number of nitrogens with one attached hydrogen (secondary N) is 3. The number of fused-ring (bicyclic) bond motifs is 3. The van der Waals surface area contributed by atoms with Crippen LogP contribution in [-0.4, -0.2) is 113 Å². The molecule has 15 nitrogen and oxygen atoms in total. The number of cyclic esters (lactones) is 1. The van der Waals surface area contributed by atoms with E-state index in [0.29, 0.717) is 56.0 Å². The van der Waals surface area contributed by atoms with E-state index in [4.69, 9.17) is 22.1 Å². The Labute approximate surface area is 320 Å². The number of nitrogens with two attached hydrogens (primary N) is 1. The van der Waals surface area contributed by atoms with Crippen molar-refractivity contribution in [1.82, 2.24) is 25.3 Å². The van der Waals surface area contributed by atoms with Crippen LogP contribution in [0.2, 0.25) is 5.02 Å². The summed E-state index contributed by atoms with van der Waals surface area (Å²) in [6.45, 7) is 4.76. The Morgan fingerprint density at radius 1 is 0.815 bits per heavy atom. The number of primary amides is 1. The molecule has 0 aromatic heterocycles. The summed E-state index contributed by atoms with van der Waals surface area (Å²) in [5.74, 6) is -2.27. The van der Waals surface area contributed by atoms with Crippen molar-refractivity contribution in [2.45, 2.75) is 89.4 Å². The highest BCUT2D eigenvalue weighted by molar-refractivity contribution is 6.33. The van der Waals surface area contributed by atoms with Crippen molar-refractivity contribution in [3.8, 4) is 0 Å². The number of benzene rings is 2. The van der Waals surface area contributed by atoms with Gasteiger partial charge < -0.3 is 41.1 Å². The second kappa shape index (κ2) is 20.3. The average molecular weight is 768 g/mol. The molecule has 54 heavy (non-hydrogen) atoms. The monoisotopic (exact) mass is 767 g/mol. The average Bonchev–Trinajstić information content (AvgIpc) is 3.86. The minimum Gasteiger partial charge on any atom is -0.464 e. The topological polar surface area (TPSA) is 201 Å². The molecular formula is C38H50ClN7O8. The van der Waals surface area contributed by atoms with Crippen molar-refractivity contribution >= 4 is 58.8 Å². The number of halogens is 1. The summed E-state index contributed by atoms with van der Waals surface area (Å²) in [7, 11) is 0. The van der Waals surface area contributed by atoms with Crippen LogP contribution in [0.25, 0.3) is 0 Å². The van der Waals surface area contributed by atoms with Crippen LogP contribution in [0.4, 0.5) is 10.5 Å². The molecule has 2 aromatic rings. The zero-order chi connectivity index (χ0) is 39.2. The Bertz CT molecular complexity index is 1660. The van der Waals surface area contributed by atoms with E-state index in [1.807, 2.05) is 18.2 Å². The molecule has 4 atom stereocenters. The van der Waals surface area contributed by atoms with E-state index in [1.165, 1.54) is 10.5 Å². The third-order valence-electron chi connectivity index (χ3n) is 9.53. The molecule has 2 aromatic carbocycles. The van der Waals surface area contributed by atoms with E-state index < -0.39 is 42.1 Å². The molecule has 0 bridgehead atoms. The van der Waals surface area contributed by atoms with Gasteiger partial charge in [0.2, 0.25) is 29.5 Å². The number of carbonyl (C=O) groups excluding carboxylic acids is 7. The minimum atomic E-state index is -0.813. The summed E-state index contributed by atoms with van der Waals surface area (Å²) >= 11 is 5.80. The summed E-state index contributed by atoms with van der Waals surface area (Å²) in [6, 6.07) is 13.7. The fourth-order valence-corrected chi connectivity index (χ4v) is 6.97. The van der Waals surface area contributed by atoms with Crippen molar-refractivity contribution < 1.29 is 38.3 Å². The quantitative estimate of drug-likeness (QED) is 0.342. The van der Waals surface area contributed by atoms with Gasteiger partial charge in [-0.1, -0.05) is 59.6 Å². The Morgan fingerprint density at radius 3 is 2.09 bits per heavy atom. The van der Waals surface area contributed by atoms with Gasteiger partial charge in [0.15, 0.2) is 0 Å². The molecule has 4 unspecified atom stereocenters. The Balaban J connectivity index is 0.000000242. The van der Waals surface area contributed by atoms with Gasteiger partial charge in [-0.25, -0.2) is 9.59 Å². The molecule has 4 aliphatic rings. The molecule has 16 heteroatoms. The zero-order valence-electron chi connectivity index (χ0n) is 30.8. The van der Waals surface area contributed by atoms with Crippen molar-refractivity contribution in [1.29, 1.82) is 0 Å². The van der Waals surface area contributed by atoms with E-state index in [0.717, 1.165) is 19.3 Å². The van der Waals surface area contributed by atoms with E-state index in [2.05, 4.69) is 35.0 Å². The van der Waals surface area contributed by atoms with Crippen molar-refractivity contribution in [2.75, 3.05) is 38.1 Å². The number of ether oxygens (including phenoxy) is 1. The molecule has 5 N–H and O–H groups in total. The van der Waals surface area contributed by atoms with E-state index in [9.17, 15) is 33.6 Å². The smallest absolute Gasteiger partial charge is 0.328 e. The molecule has 4 fully saturated rings. The highest BCUT2D eigenvalue weighted by Crippen LogP contribution is 2.26. The van der Waals surface area contributed by atoms with Crippen molar-refractivity contribution in [3.63, 3.8) is 0 Å². The first-order chi connectivity index (χ1) is 25.9. The molecule has 4 saturated heterocycles. The summed E-state index contributed by atoms with van der Waals surface area (Å²) in [6.07, 6.45) is 4.59. The predicted octanol–water partition coefficient (Wildman–Crippen LogP) is 2.74. The highest BCUT2D eigenvalue weighted by atomic mass is 35.5. The number of urea groups is 1. The molecule has 4 heterocycles. The van der Waals surface area contributed by atoms with Gasteiger partial charge in [-0.05, 0) is 70.9 Å². The second-order valence-corrected chi connectivity index (χ2v) is 13.9. The van der Waals surface area contributed by atoms with Crippen LogP contribution in [0.3, 0.4) is 0 Å². The number of aryl methyl sites for hydroxylation is 1. The van der Waals surface area contributed by atoms with Gasteiger partial charge in [0.05, 0.1) is 23.7 Å². The Kier molecular flexibility index (Phi) is 15.6. The molecule has 0 spiro atoms. The third-order valence-corrected chi connectivity index (χ3v) is 9.86. The van der Waals surface area contributed by atoms with Gasteiger partial charge in [-0.15, -0.1) is 0 Å². The van der Waals surface area contributed by atoms with Gasteiger partial charge in [0.1, 0.15) is 30.8 Å². The maximum atomic E-state index is 13.4. The second-order valence-electron chi connectivity index (χ2n) is 13.5. The van der Waals surface area contributed by atoms with Crippen LogP contribution in [0.15, 0.2) is 54.6 Å². The summed E-state index contributed by atoms with van der Waals surface area (Å²) in [4.78, 5) is 91.1. The van der Waals surface area contributed by atoms with E-state index in [1.54, 1.807) is 41.0 Å². The van der Waals surface area contributed by atoms with Crippen LogP contribution in [0, 0.1) is 6.92 Å². The van der Waals surface area contributed by atoms with E-state index in [-0.39, 0.29) is 43.2 Å². The first-order valence-electron chi connectivity index (χ1n) is 18.3. The number of para-hydroxylation sites is 1. The lowest BCUT2D eigenvalue weighted by Gasteiger charge is -2.38. The number of anilines is 1. The number of hydrogen-bond donors (Lipinski definition) is 4. The number of nitrogens with zero attached hydrogens (tertiary/aromatic N) is 3. The normalized spacial score (nSPS) is 23.2. The van der Waals surface area contributed by atoms with Crippen LogP contribution in [-0.2, 0) is 33.5 Å². The summed E-state index contributed by atoms with van der Waals surface area (Å²) < 4.78 is 5.33. The van der Waals surface area contributed by atoms with Gasteiger partial charge >= 0.3 is 12.0 Å². The lowest BCUT2D eigenvalue weighted by atomic mass is 9.99. The van der Waals surface area contributed by atoms with Crippen LogP contribution in [0.5, 0.6) is 0 Å². The summed E-state index contributed by atoms with van der Waals surface area (Å²) in [5.41, 5.74) is 6.65. The number of rotatable bonds is 3. The van der Waals surface area contributed by atoms with Gasteiger partial charge in [-0.3, -0.25) is 24.0 Å². The summed E-state index contributed by atoms with van der Waals surface area (Å²) in [5, 5.41) is 7.94. The largest absolute Gasteiger partial charge is 0.464 e. The third kappa shape index (κ3) is 11.7. The molecular weight excluding hydrogens is 718 g/mol. The van der Waals surface area contributed by atoms with Crippen LogP contribution >= 0.6 is 11.6 Å². The van der Waals surface area contributed by atoms with Crippen molar-refractivity contribution in [2.24, 2.45) is 5.73 Å². The van der Waals surface area contributed by atoms with Crippen molar-refractivity contribution in [3.05, 3.63) is 65.2 Å². The predicted molar refractivity (Wildman–Crippen MR) is 201 cm³/mol. The molecule has 7 amide bonds. The van der Waals surface area contributed by atoms with Crippen LogP contribution in [0.1, 0.15) is 63.9 Å². The van der Waals surface area contributed by atoms with Crippen LogP contribution < -0.4 is 21.7 Å². The molecule has 4 aliphatic heterocycles. The zero-order valence-corrected chi connectivity index (χ0v) is 31.5. The number of hydrogen-bond acceptors (Lipinski definition) is 8. The molecule has 0 saturated carbocycles. The Morgan fingerprint density at radius 2 is 1.43 bits per heavy atom. The molecule has 0 aliphatic carbocycles. The Hall–Kier alpha value is -5.18. The fraction of sp³-hybridized carbons (Fsp3) is 0.500. The first kappa shape index (κ1) is 41.6. The fourth-order valence-electron chi connectivity index (χ4n) is 6.79. The minimum absolute atomic E-state index is 0.00347. The molecule has 0 radical (unpaired) electrons. The van der Waals surface area contributed by atoms with Gasteiger partial charge in [-0.2, -0.15) is 0 Å². The number of piperidine rings is 1. The standard InChI is InChI=1S/C22H32N4O6.C9H10ClN3O2.C7H8/c1-14-20(29)26-12-5-8-17(26)22(31)32-13-9-18(27)24-11-4-7-16(24)21(30)25-10-3-2-6-15(25)19(28)23-14;10-6-3-1-2-4-7(6)13-9(15)12-5-8(11)14;1-7-5-3-2-4-6-7/h14-17H,2-13H2,1H3,(H,23,28);1-4H,5H2,(H2,11,14)(H2,12,13,15);2-6H,1H3. The maximum Gasteiger partial charge on any atom is 0.328 e. The molecule has 6 rings (SSSR count). The highest BCUT2D eigenvalue weighted by Gasteiger charge is 2.43.